The number of aromatic nitrogens is 4. The Labute approximate surface area is 117 Å². The third kappa shape index (κ3) is 3.00. The molecule has 2 heterocycles. The van der Waals surface area contributed by atoms with Crippen molar-refractivity contribution in [1.29, 1.82) is 0 Å². The van der Waals surface area contributed by atoms with Crippen LogP contribution >= 0.6 is 0 Å². The molecule has 0 amide bonds. The molecule has 0 spiro atoms. The highest BCUT2D eigenvalue weighted by atomic mass is 15.3. The SMILES string of the molecule is Cn1cnc(CCNCc2ccc3ncccc3c2)n1. The maximum atomic E-state index is 4.32. The Morgan fingerprint density at radius 3 is 3.00 bits per heavy atom. The summed E-state index contributed by atoms with van der Waals surface area (Å²) in [5.41, 5.74) is 2.30. The third-order valence-corrected chi connectivity index (χ3v) is 3.17. The lowest BCUT2D eigenvalue weighted by Gasteiger charge is -2.05. The van der Waals surface area contributed by atoms with Gasteiger partial charge in [-0.15, -0.1) is 0 Å². The minimum absolute atomic E-state index is 0.843. The molecule has 0 fully saturated rings. The van der Waals surface area contributed by atoms with E-state index in [4.69, 9.17) is 0 Å². The van der Waals surface area contributed by atoms with Crippen LogP contribution in [0.4, 0.5) is 0 Å². The van der Waals surface area contributed by atoms with Crippen molar-refractivity contribution in [3.63, 3.8) is 0 Å². The number of rotatable bonds is 5. The van der Waals surface area contributed by atoms with Crippen LogP contribution in [0.1, 0.15) is 11.4 Å². The van der Waals surface area contributed by atoms with E-state index in [0.29, 0.717) is 0 Å². The van der Waals surface area contributed by atoms with Gasteiger partial charge in [-0.1, -0.05) is 12.1 Å². The molecule has 5 heteroatoms. The number of hydrogen-bond donors (Lipinski definition) is 1. The van der Waals surface area contributed by atoms with Gasteiger partial charge >= 0.3 is 0 Å². The Morgan fingerprint density at radius 1 is 1.20 bits per heavy atom. The highest BCUT2D eigenvalue weighted by Gasteiger charge is 1.99. The molecular weight excluding hydrogens is 250 g/mol. The van der Waals surface area contributed by atoms with E-state index in [1.54, 1.807) is 11.0 Å². The van der Waals surface area contributed by atoms with Gasteiger partial charge in [-0.2, -0.15) is 5.10 Å². The summed E-state index contributed by atoms with van der Waals surface area (Å²) in [6.07, 6.45) is 4.39. The molecule has 1 N–H and O–H groups in total. The molecule has 0 unspecified atom stereocenters. The molecule has 1 aromatic carbocycles. The van der Waals surface area contributed by atoms with Crippen LogP contribution in [0, 0.1) is 0 Å². The van der Waals surface area contributed by atoms with Crippen LogP contribution in [0.3, 0.4) is 0 Å². The minimum Gasteiger partial charge on any atom is -0.312 e. The van der Waals surface area contributed by atoms with Gasteiger partial charge in [0.05, 0.1) is 5.52 Å². The number of nitrogens with one attached hydrogen (secondary N) is 1. The standard InChI is InChI=1S/C15H17N5/c1-20-11-18-15(19-20)6-8-16-10-12-4-5-14-13(9-12)3-2-7-17-14/h2-5,7,9,11,16H,6,8,10H2,1H3. The molecule has 3 rings (SSSR count). The topological polar surface area (TPSA) is 55.6 Å². The monoisotopic (exact) mass is 267 g/mol. The van der Waals surface area contributed by atoms with Gasteiger partial charge < -0.3 is 5.32 Å². The van der Waals surface area contributed by atoms with Crippen molar-refractivity contribution in [3.8, 4) is 0 Å². The Morgan fingerprint density at radius 2 is 2.15 bits per heavy atom. The van der Waals surface area contributed by atoms with E-state index in [1.807, 2.05) is 19.3 Å². The van der Waals surface area contributed by atoms with E-state index in [-0.39, 0.29) is 0 Å². The zero-order valence-electron chi connectivity index (χ0n) is 11.5. The first-order chi connectivity index (χ1) is 9.81. The minimum atomic E-state index is 0.843. The van der Waals surface area contributed by atoms with Crippen LogP contribution in [-0.4, -0.2) is 26.3 Å². The van der Waals surface area contributed by atoms with Crippen molar-refractivity contribution in [2.24, 2.45) is 7.05 Å². The molecule has 0 saturated heterocycles. The fourth-order valence-electron chi connectivity index (χ4n) is 2.17. The first-order valence-electron chi connectivity index (χ1n) is 6.70. The number of fused-ring (bicyclic) bond motifs is 1. The molecular formula is C15H17N5. The van der Waals surface area contributed by atoms with Crippen molar-refractivity contribution < 1.29 is 0 Å². The summed E-state index contributed by atoms with van der Waals surface area (Å²) in [6, 6.07) is 10.4. The summed E-state index contributed by atoms with van der Waals surface area (Å²) in [6.45, 7) is 1.72. The van der Waals surface area contributed by atoms with Gasteiger partial charge in [-0.25, -0.2) is 4.98 Å². The van der Waals surface area contributed by atoms with Gasteiger partial charge in [0.2, 0.25) is 0 Å². The predicted octanol–water partition coefficient (Wildman–Crippen LogP) is 1.70. The summed E-state index contributed by atoms with van der Waals surface area (Å²) in [4.78, 5) is 8.53. The van der Waals surface area contributed by atoms with Crippen LogP contribution in [0.5, 0.6) is 0 Å². The molecule has 0 aliphatic heterocycles. The number of nitrogens with zero attached hydrogens (tertiary/aromatic N) is 4. The van der Waals surface area contributed by atoms with E-state index in [9.17, 15) is 0 Å². The molecule has 5 nitrogen and oxygen atoms in total. The normalized spacial score (nSPS) is 11.1. The van der Waals surface area contributed by atoms with Crippen molar-refractivity contribution in [2.75, 3.05) is 6.54 Å². The Bertz CT molecular complexity index is 704. The smallest absolute Gasteiger partial charge is 0.151 e. The lowest BCUT2D eigenvalue weighted by molar-refractivity contribution is 0.661. The van der Waals surface area contributed by atoms with Gasteiger partial charge in [0.25, 0.3) is 0 Å². The second kappa shape index (κ2) is 5.79. The summed E-state index contributed by atoms with van der Waals surface area (Å²) in [5, 5.41) is 8.85. The average Bonchev–Trinajstić information content (AvgIpc) is 2.89. The molecule has 3 aromatic rings. The van der Waals surface area contributed by atoms with Gasteiger partial charge in [0, 0.05) is 38.1 Å². The van der Waals surface area contributed by atoms with Crippen LogP contribution in [0.2, 0.25) is 0 Å². The summed E-state index contributed by atoms with van der Waals surface area (Å²) in [5.74, 6) is 0.878. The van der Waals surface area contributed by atoms with Gasteiger partial charge in [-0.05, 0) is 23.8 Å². The van der Waals surface area contributed by atoms with Crippen LogP contribution in [0.15, 0.2) is 42.9 Å². The fraction of sp³-hybridized carbons (Fsp3) is 0.267. The lowest BCUT2D eigenvalue weighted by Crippen LogP contribution is -2.17. The maximum absolute atomic E-state index is 4.32. The van der Waals surface area contributed by atoms with E-state index < -0.39 is 0 Å². The zero-order chi connectivity index (χ0) is 13.8. The summed E-state index contributed by atoms with van der Waals surface area (Å²) >= 11 is 0. The van der Waals surface area contributed by atoms with Crippen molar-refractivity contribution in [3.05, 3.63) is 54.2 Å². The molecule has 0 radical (unpaired) electrons. The molecule has 0 saturated carbocycles. The Hall–Kier alpha value is -2.27. The highest BCUT2D eigenvalue weighted by molar-refractivity contribution is 5.78. The fourth-order valence-corrected chi connectivity index (χ4v) is 2.17. The Kier molecular flexibility index (Phi) is 3.69. The van der Waals surface area contributed by atoms with E-state index in [0.717, 1.165) is 30.9 Å². The largest absolute Gasteiger partial charge is 0.312 e. The van der Waals surface area contributed by atoms with E-state index in [2.05, 4.69) is 44.6 Å². The molecule has 0 aliphatic carbocycles. The first kappa shape index (κ1) is 12.7. The summed E-state index contributed by atoms with van der Waals surface area (Å²) < 4.78 is 1.73. The maximum Gasteiger partial charge on any atom is 0.151 e. The number of hydrogen-bond acceptors (Lipinski definition) is 4. The van der Waals surface area contributed by atoms with Gasteiger partial charge in [0.1, 0.15) is 6.33 Å². The lowest BCUT2D eigenvalue weighted by atomic mass is 10.1. The Balaban J connectivity index is 1.54. The summed E-state index contributed by atoms with van der Waals surface area (Å²) in [7, 11) is 1.88. The zero-order valence-corrected chi connectivity index (χ0v) is 11.5. The second-order valence-electron chi connectivity index (χ2n) is 4.79. The molecule has 2 aromatic heterocycles. The molecule has 20 heavy (non-hydrogen) atoms. The molecule has 0 aliphatic rings. The molecule has 102 valence electrons. The molecule has 0 atom stereocenters. The van der Waals surface area contributed by atoms with Crippen molar-refractivity contribution in [1.82, 2.24) is 25.1 Å². The quantitative estimate of drug-likeness (QED) is 0.715. The van der Waals surface area contributed by atoms with Gasteiger partial charge in [0.15, 0.2) is 5.82 Å². The number of benzene rings is 1. The van der Waals surface area contributed by atoms with Gasteiger partial charge in [-0.3, -0.25) is 9.67 Å². The van der Waals surface area contributed by atoms with Crippen LogP contribution < -0.4 is 5.32 Å². The van der Waals surface area contributed by atoms with Crippen molar-refractivity contribution >= 4 is 10.9 Å². The molecule has 0 bridgehead atoms. The third-order valence-electron chi connectivity index (χ3n) is 3.17. The van der Waals surface area contributed by atoms with E-state index in [1.165, 1.54) is 10.9 Å². The van der Waals surface area contributed by atoms with E-state index >= 15 is 0 Å². The van der Waals surface area contributed by atoms with Crippen molar-refractivity contribution in [2.45, 2.75) is 13.0 Å². The number of aryl methyl sites for hydroxylation is 1. The van der Waals surface area contributed by atoms with Crippen LogP contribution in [0.25, 0.3) is 10.9 Å². The highest BCUT2D eigenvalue weighted by Crippen LogP contribution is 2.12. The van der Waals surface area contributed by atoms with Crippen LogP contribution in [-0.2, 0) is 20.0 Å². The second-order valence-corrected chi connectivity index (χ2v) is 4.79. The number of pyridine rings is 1. The first-order valence-corrected chi connectivity index (χ1v) is 6.70. The average molecular weight is 267 g/mol. The predicted molar refractivity (Wildman–Crippen MR) is 78.2 cm³/mol.